The van der Waals surface area contributed by atoms with Gasteiger partial charge in [-0.05, 0) is 30.7 Å². The lowest BCUT2D eigenvalue weighted by Crippen LogP contribution is -2.35. The number of hydrogen-bond donors (Lipinski definition) is 0. The molecule has 28 heavy (non-hydrogen) atoms. The zero-order valence-corrected chi connectivity index (χ0v) is 14.5. The van der Waals surface area contributed by atoms with Gasteiger partial charge in [-0.25, -0.2) is 0 Å². The molecule has 0 amide bonds. The highest BCUT2D eigenvalue weighted by Gasteiger charge is 2.87. The summed E-state index contributed by atoms with van der Waals surface area (Å²) in [6.45, 7) is -0.810. The van der Waals surface area contributed by atoms with Crippen molar-refractivity contribution in [2.75, 3.05) is 25.1 Å². The Kier molecular flexibility index (Phi) is 3.71. The predicted molar refractivity (Wildman–Crippen MR) is 86.5 cm³/mol. The fourth-order valence-electron chi connectivity index (χ4n) is 4.41. The Labute approximate surface area is 155 Å². The molecule has 2 aromatic rings. The van der Waals surface area contributed by atoms with Gasteiger partial charge in [0.15, 0.2) is 0 Å². The van der Waals surface area contributed by atoms with E-state index in [-0.39, 0.29) is 29.6 Å². The first-order valence-corrected chi connectivity index (χ1v) is 8.32. The van der Waals surface area contributed by atoms with Gasteiger partial charge in [0.2, 0.25) is 0 Å². The third-order valence-electron chi connectivity index (χ3n) is 5.83. The molecule has 1 aromatic carbocycles. The number of fused-ring (bicyclic) bond motifs is 2. The normalized spacial score (nSPS) is 27.0. The van der Waals surface area contributed by atoms with Crippen molar-refractivity contribution < 1.29 is 35.9 Å². The van der Waals surface area contributed by atoms with Crippen molar-refractivity contribution in [2.45, 2.75) is 18.8 Å². The van der Waals surface area contributed by atoms with Gasteiger partial charge in [0, 0.05) is 30.4 Å². The van der Waals surface area contributed by atoms with Crippen LogP contribution < -0.4 is 4.90 Å². The second kappa shape index (κ2) is 5.51. The molecule has 0 spiro atoms. The monoisotopic (exact) mass is 404 g/mol. The molecule has 150 valence electrons. The van der Waals surface area contributed by atoms with Gasteiger partial charge in [0.05, 0.1) is 18.2 Å². The number of alkyl halides is 6. The summed E-state index contributed by atoms with van der Waals surface area (Å²) in [6, 6.07) is 4.73. The summed E-state index contributed by atoms with van der Waals surface area (Å²) in [7, 11) is 1.02. The van der Waals surface area contributed by atoms with Crippen molar-refractivity contribution in [1.29, 1.82) is 0 Å². The van der Waals surface area contributed by atoms with Gasteiger partial charge < -0.3 is 9.64 Å². The molecule has 2 heterocycles. The van der Waals surface area contributed by atoms with E-state index in [1.807, 2.05) is 0 Å². The first-order chi connectivity index (χ1) is 13.0. The number of rotatable bonds is 2. The van der Waals surface area contributed by atoms with E-state index in [2.05, 4.69) is 9.72 Å². The number of carbonyl (C=O) groups excluding carboxylic acids is 1. The van der Waals surface area contributed by atoms with E-state index in [0.717, 1.165) is 19.2 Å². The molecule has 10 heteroatoms. The standard InChI is InChI=1S/C18H14F6N2O2/c1-28-14(27)15-7-16(15,18(22,23)24)9-26(8-15)12-5-4-11(17(19,20)21)13-10(12)3-2-6-25-13/h2-6H,7-9H2,1H3/t15?,16-/m0/s1. The highest BCUT2D eigenvalue weighted by atomic mass is 19.4. The van der Waals surface area contributed by atoms with E-state index in [9.17, 15) is 31.1 Å². The third-order valence-corrected chi connectivity index (χ3v) is 5.83. The summed E-state index contributed by atoms with van der Waals surface area (Å²) in [6.07, 6.45) is -8.49. The Bertz CT molecular complexity index is 973. The molecule has 2 atom stereocenters. The highest BCUT2D eigenvalue weighted by molar-refractivity contribution is 5.95. The van der Waals surface area contributed by atoms with E-state index < -0.39 is 41.3 Å². The van der Waals surface area contributed by atoms with E-state index in [1.165, 1.54) is 23.2 Å². The third kappa shape index (κ3) is 2.32. The molecule has 4 rings (SSSR count). The largest absolute Gasteiger partial charge is 0.469 e. The molecule has 1 aliphatic heterocycles. The second-order valence-corrected chi connectivity index (χ2v) is 7.22. The SMILES string of the molecule is COC(=O)C12CN(c3ccc(C(F)(F)F)c4ncccc34)C[C@@]1(C(F)(F)F)C2. The highest BCUT2D eigenvalue weighted by Crippen LogP contribution is 2.75. The molecule has 0 bridgehead atoms. The van der Waals surface area contributed by atoms with Crippen LogP contribution >= 0.6 is 0 Å². The van der Waals surface area contributed by atoms with E-state index >= 15 is 0 Å². The first-order valence-electron chi connectivity index (χ1n) is 8.32. The van der Waals surface area contributed by atoms with Gasteiger partial charge in [0.25, 0.3) is 0 Å². The smallest absolute Gasteiger partial charge is 0.418 e. The van der Waals surface area contributed by atoms with Crippen LogP contribution in [0.4, 0.5) is 32.0 Å². The minimum atomic E-state index is -4.65. The lowest BCUT2D eigenvalue weighted by atomic mass is 9.96. The Morgan fingerprint density at radius 3 is 2.46 bits per heavy atom. The Hall–Kier alpha value is -2.52. The van der Waals surface area contributed by atoms with Crippen molar-refractivity contribution >= 4 is 22.6 Å². The minimum absolute atomic E-state index is 0.0796. The fourth-order valence-corrected chi connectivity index (χ4v) is 4.41. The van der Waals surface area contributed by atoms with Crippen molar-refractivity contribution in [3.05, 3.63) is 36.0 Å². The molecule has 4 nitrogen and oxygen atoms in total. The van der Waals surface area contributed by atoms with Crippen molar-refractivity contribution in [2.24, 2.45) is 10.8 Å². The molecule has 1 saturated carbocycles. The molecular formula is C18H14F6N2O2. The second-order valence-electron chi connectivity index (χ2n) is 7.22. The Balaban J connectivity index is 1.82. The summed E-state index contributed by atoms with van der Waals surface area (Å²) >= 11 is 0. The van der Waals surface area contributed by atoms with Crippen LogP contribution in [-0.2, 0) is 15.7 Å². The molecule has 0 N–H and O–H groups in total. The van der Waals surface area contributed by atoms with Crippen molar-refractivity contribution in [1.82, 2.24) is 4.98 Å². The van der Waals surface area contributed by atoms with Crippen LogP contribution in [-0.4, -0.2) is 37.3 Å². The zero-order valence-electron chi connectivity index (χ0n) is 14.5. The average molecular weight is 404 g/mol. The fraction of sp³-hybridized carbons (Fsp3) is 0.444. The van der Waals surface area contributed by atoms with E-state index in [1.54, 1.807) is 0 Å². The molecule has 0 radical (unpaired) electrons. The number of piperidine rings is 1. The van der Waals surface area contributed by atoms with E-state index in [4.69, 9.17) is 0 Å². The van der Waals surface area contributed by atoms with Gasteiger partial charge in [-0.15, -0.1) is 0 Å². The first kappa shape index (κ1) is 18.8. The molecular weight excluding hydrogens is 390 g/mol. The van der Waals surface area contributed by atoms with Crippen LogP contribution in [0.5, 0.6) is 0 Å². The number of carbonyl (C=O) groups is 1. The van der Waals surface area contributed by atoms with Crippen LogP contribution in [0.2, 0.25) is 0 Å². The number of pyridine rings is 1. The summed E-state index contributed by atoms with van der Waals surface area (Å²) in [4.78, 5) is 17.2. The summed E-state index contributed by atoms with van der Waals surface area (Å²) < 4.78 is 85.7. The van der Waals surface area contributed by atoms with Crippen molar-refractivity contribution in [3.8, 4) is 0 Å². The molecule has 1 aliphatic carbocycles. The lowest BCUT2D eigenvalue weighted by Gasteiger charge is -2.26. The molecule has 1 unspecified atom stereocenters. The predicted octanol–water partition coefficient (Wildman–Crippen LogP) is 4.19. The van der Waals surface area contributed by atoms with Crippen LogP contribution in [0.15, 0.2) is 30.5 Å². The molecule has 1 saturated heterocycles. The van der Waals surface area contributed by atoms with Gasteiger partial charge in [-0.3, -0.25) is 9.78 Å². The maximum Gasteiger partial charge on any atom is 0.418 e. The number of benzene rings is 1. The van der Waals surface area contributed by atoms with Crippen LogP contribution in [0.25, 0.3) is 10.9 Å². The van der Waals surface area contributed by atoms with Crippen LogP contribution in [0, 0.1) is 10.8 Å². The van der Waals surface area contributed by atoms with Gasteiger partial charge in [-0.1, -0.05) is 0 Å². The molecule has 2 fully saturated rings. The number of hydrogen-bond acceptors (Lipinski definition) is 4. The Morgan fingerprint density at radius 2 is 1.86 bits per heavy atom. The molecule has 1 aromatic heterocycles. The summed E-state index contributed by atoms with van der Waals surface area (Å²) in [5.74, 6) is -0.957. The number of nitrogens with zero attached hydrogens (tertiary/aromatic N) is 2. The van der Waals surface area contributed by atoms with Gasteiger partial charge in [0.1, 0.15) is 10.8 Å². The maximum atomic E-state index is 13.8. The minimum Gasteiger partial charge on any atom is -0.469 e. The lowest BCUT2D eigenvalue weighted by molar-refractivity contribution is -0.195. The quantitative estimate of drug-likeness (QED) is 0.556. The van der Waals surface area contributed by atoms with Crippen molar-refractivity contribution in [3.63, 3.8) is 0 Å². The maximum absolute atomic E-state index is 13.8. The van der Waals surface area contributed by atoms with Crippen LogP contribution in [0.1, 0.15) is 12.0 Å². The number of esters is 1. The number of methoxy groups -OCH3 is 1. The van der Waals surface area contributed by atoms with Crippen LogP contribution in [0.3, 0.4) is 0 Å². The number of aromatic nitrogens is 1. The van der Waals surface area contributed by atoms with E-state index in [0.29, 0.717) is 0 Å². The number of ether oxygens (including phenoxy) is 1. The molecule has 2 aliphatic rings. The number of halogens is 6. The van der Waals surface area contributed by atoms with Gasteiger partial charge in [-0.2, -0.15) is 26.3 Å². The number of anilines is 1. The topological polar surface area (TPSA) is 42.4 Å². The average Bonchev–Trinajstić information content (AvgIpc) is 3.17. The Morgan fingerprint density at radius 1 is 1.14 bits per heavy atom. The summed E-state index contributed by atoms with van der Waals surface area (Å²) in [5.41, 5.74) is -5.14. The zero-order chi connectivity index (χ0) is 20.5. The van der Waals surface area contributed by atoms with Gasteiger partial charge >= 0.3 is 18.3 Å². The summed E-state index contributed by atoms with van der Waals surface area (Å²) in [5, 5.41) is 0.0796.